The number of pyridine rings is 1. The summed E-state index contributed by atoms with van der Waals surface area (Å²) in [4.78, 5) is 26.1. The van der Waals surface area contributed by atoms with E-state index in [1.165, 1.54) is 0 Å². The van der Waals surface area contributed by atoms with Gasteiger partial charge in [-0.15, -0.1) is 0 Å². The summed E-state index contributed by atoms with van der Waals surface area (Å²) < 4.78 is 0. The highest BCUT2D eigenvalue weighted by molar-refractivity contribution is 6.03. The molecule has 0 spiro atoms. The number of carbonyl (C=O) groups is 1. The fraction of sp³-hybridized carbons (Fsp3) is 0.0833. The van der Waals surface area contributed by atoms with Crippen LogP contribution < -0.4 is 10.6 Å². The van der Waals surface area contributed by atoms with Crippen LogP contribution in [0.4, 0.5) is 11.5 Å². The van der Waals surface area contributed by atoms with Gasteiger partial charge in [-0.1, -0.05) is 54.1 Å². The van der Waals surface area contributed by atoms with Gasteiger partial charge in [-0.3, -0.25) is 9.78 Å². The van der Waals surface area contributed by atoms with Gasteiger partial charge in [0.05, 0.1) is 0 Å². The molecule has 148 valence electrons. The Kier molecular flexibility index (Phi) is 5.75. The Morgan fingerprint density at radius 3 is 2.47 bits per heavy atom. The third-order valence-electron chi connectivity index (χ3n) is 4.50. The minimum Gasteiger partial charge on any atom is -0.366 e. The average molecular weight is 395 g/mol. The van der Waals surface area contributed by atoms with Gasteiger partial charge in [-0.05, 0) is 30.7 Å². The molecular weight excluding hydrogens is 374 g/mol. The third kappa shape index (κ3) is 4.86. The molecule has 30 heavy (non-hydrogen) atoms. The van der Waals surface area contributed by atoms with E-state index >= 15 is 0 Å². The molecule has 0 radical (unpaired) electrons. The Morgan fingerprint density at radius 2 is 1.73 bits per heavy atom. The van der Waals surface area contributed by atoms with Crippen LogP contribution in [0.2, 0.25) is 0 Å². The zero-order valence-electron chi connectivity index (χ0n) is 16.5. The molecule has 6 nitrogen and oxygen atoms in total. The minimum atomic E-state index is -0.289. The Bertz CT molecular complexity index is 1130. The number of nitrogens with zero attached hydrogens (tertiary/aromatic N) is 3. The topological polar surface area (TPSA) is 79.8 Å². The summed E-state index contributed by atoms with van der Waals surface area (Å²) in [5, 5.41) is 6.16. The van der Waals surface area contributed by atoms with E-state index in [1.54, 1.807) is 18.5 Å². The fourth-order valence-corrected chi connectivity index (χ4v) is 2.90. The second kappa shape index (κ2) is 8.96. The third-order valence-corrected chi connectivity index (χ3v) is 4.50. The first kappa shape index (κ1) is 19.3. The van der Waals surface area contributed by atoms with Gasteiger partial charge in [0.2, 0.25) is 0 Å². The van der Waals surface area contributed by atoms with Crippen LogP contribution in [0.25, 0.3) is 11.4 Å². The number of amides is 1. The quantitative estimate of drug-likeness (QED) is 0.494. The second-order valence-corrected chi connectivity index (χ2v) is 6.86. The maximum Gasteiger partial charge on any atom is 0.274 e. The molecule has 2 aromatic heterocycles. The predicted octanol–water partition coefficient (Wildman–Crippen LogP) is 4.71. The number of aryl methyl sites for hydroxylation is 1. The molecular formula is C24H21N5O. The van der Waals surface area contributed by atoms with E-state index in [0.29, 0.717) is 18.2 Å². The fourth-order valence-electron chi connectivity index (χ4n) is 2.90. The van der Waals surface area contributed by atoms with E-state index in [1.807, 2.05) is 73.7 Å². The average Bonchev–Trinajstić information content (AvgIpc) is 2.80. The Morgan fingerprint density at radius 1 is 0.933 bits per heavy atom. The Labute approximate surface area is 175 Å². The Balaban J connectivity index is 1.62. The lowest BCUT2D eigenvalue weighted by atomic mass is 10.2. The molecule has 0 atom stereocenters. The van der Waals surface area contributed by atoms with Crippen LogP contribution in [0.5, 0.6) is 0 Å². The molecule has 0 aliphatic heterocycles. The molecule has 0 aliphatic rings. The van der Waals surface area contributed by atoms with Gasteiger partial charge >= 0.3 is 0 Å². The van der Waals surface area contributed by atoms with Gasteiger partial charge in [0.15, 0.2) is 5.82 Å². The summed E-state index contributed by atoms with van der Waals surface area (Å²) in [6, 6.07) is 22.8. The first-order chi connectivity index (χ1) is 14.7. The summed E-state index contributed by atoms with van der Waals surface area (Å²) >= 11 is 0. The smallest absolute Gasteiger partial charge is 0.274 e. The van der Waals surface area contributed by atoms with Crippen molar-refractivity contribution in [1.29, 1.82) is 0 Å². The van der Waals surface area contributed by atoms with Crippen LogP contribution in [-0.4, -0.2) is 20.9 Å². The lowest BCUT2D eigenvalue weighted by molar-refractivity contribution is 0.102. The van der Waals surface area contributed by atoms with Gasteiger partial charge in [-0.2, -0.15) is 0 Å². The van der Waals surface area contributed by atoms with E-state index in [9.17, 15) is 4.79 Å². The maximum absolute atomic E-state index is 12.9. The number of hydrogen-bond acceptors (Lipinski definition) is 5. The molecule has 0 saturated heterocycles. The normalized spacial score (nSPS) is 10.4. The predicted molar refractivity (Wildman–Crippen MR) is 118 cm³/mol. The molecule has 0 unspecified atom stereocenters. The van der Waals surface area contributed by atoms with Gasteiger partial charge in [0, 0.05) is 36.3 Å². The van der Waals surface area contributed by atoms with Crippen LogP contribution in [0, 0.1) is 6.92 Å². The van der Waals surface area contributed by atoms with E-state index < -0.39 is 0 Å². The van der Waals surface area contributed by atoms with E-state index in [0.717, 1.165) is 22.4 Å². The SMILES string of the molecule is Cc1ccc(NC(=O)c2cc(NCc3cccnc3)nc(-c3ccccc3)n2)cc1. The molecule has 6 heteroatoms. The van der Waals surface area contributed by atoms with Crippen LogP contribution in [-0.2, 0) is 6.54 Å². The van der Waals surface area contributed by atoms with Crippen LogP contribution >= 0.6 is 0 Å². The molecule has 4 rings (SSSR count). The van der Waals surface area contributed by atoms with Crippen molar-refractivity contribution in [3.63, 3.8) is 0 Å². The number of anilines is 2. The monoisotopic (exact) mass is 395 g/mol. The minimum absolute atomic E-state index is 0.289. The standard InChI is InChI=1S/C24H21N5O/c1-17-9-11-20(12-10-17)27-24(30)21-14-22(26-16-18-6-5-13-25-15-18)29-23(28-21)19-7-3-2-4-8-19/h2-15H,16H2,1H3,(H,27,30)(H,26,28,29). The highest BCUT2D eigenvalue weighted by Gasteiger charge is 2.13. The zero-order chi connectivity index (χ0) is 20.8. The van der Waals surface area contributed by atoms with Crippen molar-refractivity contribution in [1.82, 2.24) is 15.0 Å². The van der Waals surface area contributed by atoms with Gasteiger partial charge < -0.3 is 10.6 Å². The van der Waals surface area contributed by atoms with E-state index in [2.05, 4.69) is 25.6 Å². The summed E-state index contributed by atoms with van der Waals surface area (Å²) in [7, 11) is 0. The first-order valence-corrected chi connectivity index (χ1v) is 9.63. The number of aromatic nitrogens is 3. The molecule has 0 fully saturated rings. The molecule has 0 bridgehead atoms. The molecule has 4 aromatic rings. The van der Waals surface area contributed by atoms with Gasteiger partial charge in [0.1, 0.15) is 11.5 Å². The number of hydrogen-bond donors (Lipinski definition) is 2. The van der Waals surface area contributed by atoms with E-state index in [4.69, 9.17) is 0 Å². The molecule has 2 aromatic carbocycles. The zero-order valence-corrected chi connectivity index (χ0v) is 16.5. The number of nitrogens with one attached hydrogen (secondary N) is 2. The van der Waals surface area contributed by atoms with Crippen LogP contribution in [0.1, 0.15) is 21.6 Å². The van der Waals surface area contributed by atoms with Crippen molar-refractivity contribution < 1.29 is 4.79 Å². The second-order valence-electron chi connectivity index (χ2n) is 6.86. The molecule has 2 N–H and O–H groups in total. The van der Waals surface area contributed by atoms with Crippen LogP contribution in [0.15, 0.2) is 85.2 Å². The number of carbonyl (C=O) groups excluding carboxylic acids is 1. The number of rotatable bonds is 6. The summed E-state index contributed by atoms with van der Waals surface area (Å²) in [5.41, 5.74) is 3.99. The number of benzene rings is 2. The summed E-state index contributed by atoms with van der Waals surface area (Å²) in [6.07, 6.45) is 3.52. The highest BCUT2D eigenvalue weighted by Crippen LogP contribution is 2.19. The first-order valence-electron chi connectivity index (χ1n) is 9.63. The van der Waals surface area contributed by atoms with E-state index in [-0.39, 0.29) is 11.6 Å². The van der Waals surface area contributed by atoms with Crippen molar-refractivity contribution >= 4 is 17.4 Å². The lowest BCUT2D eigenvalue weighted by Gasteiger charge is -2.11. The van der Waals surface area contributed by atoms with Crippen LogP contribution in [0.3, 0.4) is 0 Å². The lowest BCUT2D eigenvalue weighted by Crippen LogP contribution is -2.15. The maximum atomic E-state index is 12.9. The van der Waals surface area contributed by atoms with Gasteiger partial charge in [-0.25, -0.2) is 9.97 Å². The largest absolute Gasteiger partial charge is 0.366 e. The molecule has 0 aliphatic carbocycles. The van der Waals surface area contributed by atoms with Crippen molar-refractivity contribution in [2.24, 2.45) is 0 Å². The van der Waals surface area contributed by atoms with Crippen molar-refractivity contribution in [3.8, 4) is 11.4 Å². The van der Waals surface area contributed by atoms with Crippen molar-refractivity contribution in [2.45, 2.75) is 13.5 Å². The Hall–Kier alpha value is -4.06. The van der Waals surface area contributed by atoms with Crippen molar-refractivity contribution in [2.75, 3.05) is 10.6 Å². The molecule has 1 amide bonds. The van der Waals surface area contributed by atoms with Gasteiger partial charge in [0.25, 0.3) is 5.91 Å². The summed E-state index contributed by atoms with van der Waals surface area (Å²) in [6.45, 7) is 2.54. The highest BCUT2D eigenvalue weighted by atomic mass is 16.1. The van der Waals surface area contributed by atoms with Crippen molar-refractivity contribution in [3.05, 3.63) is 102 Å². The molecule has 2 heterocycles. The summed E-state index contributed by atoms with van der Waals surface area (Å²) in [5.74, 6) is 0.769. The molecule has 0 saturated carbocycles.